The number of ether oxygens (including phenoxy) is 1. The maximum absolute atomic E-state index is 13.8. The number of carbonyl (C=O) groups is 2. The molecule has 1 unspecified atom stereocenters. The third kappa shape index (κ3) is 5.77. The molecule has 2 saturated heterocycles. The van der Waals surface area contributed by atoms with Crippen molar-refractivity contribution in [1.82, 2.24) is 15.5 Å². The summed E-state index contributed by atoms with van der Waals surface area (Å²) >= 11 is 0. The van der Waals surface area contributed by atoms with Crippen molar-refractivity contribution in [3.63, 3.8) is 0 Å². The van der Waals surface area contributed by atoms with E-state index in [2.05, 4.69) is 53.6 Å². The van der Waals surface area contributed by atoms with Crippen LogP contribution >= 0.6 is 0 Å². The molecule has 0 saturated carbocycles. The van der Waals surface area contributed by atoms with Crippen LogP contribution in [0.3, 0.4) is 0 Å². The lowest BCUT2D eigenvalue weighted by Crippen LogP contribution is -2.66. The van der Waals surface area contributed by atoms with Crippen LogP contribution in [0.15, 0.2) is 54.6 Å². The summed E-state index contributed by atoms with van der Waals surface area (Å²) in [7, 11) is 0. The SMILES string of the molecule is Cc1cccc(N2CCN(C(=O)C3(NC(=O)COCc4ccccc4)CCNCC3)CC2C)c1. The fourth-order valence-corrected chi connectivity index (χ4v) is 5.02. The first-order valence-corrected chi connectivity index (χ1v) is 12.2. The molecule has 0 aliphatic carbocycles. The van der Waals surface area contributed by atoms with Crippen molar-refractivity contribution >= 4 is 17.5 Å². The standard InChI is InChI=1S/C27H36N4O3/c1-21-7-6-10-24(17-21)31-16-15-30(18-22(31)2)26(33)27(11-13-28-14-12-27)29-25(32)20-34-19-23-8-4-3-5-9-23/h3-10,17,22,28H,11-16,18-20H2,1-2H3,(H,29,32). The van der Waals surface area contributed by atoms with Gasteiger partial charge in [-0.15, -0.1) is 0 Å². The molecule has 0 aromatic heterocycles. The third-order valence-corrected chi connectivity index (χ3v) is 6.84. The van der Waals surface area contributed by atoms with Gasteiger partial charge in [0.25, 0.3) is 0 Å². The van der Waals surface area contributed by atoms with Crippen molar-refractivity contribution in [2.45, 2.75) is 44.9 Å². The molecular formula is C27H36N4O3. The molecule has 34 heavy (non-hydrogen) atoms. The van der Waals surface area contributed by atoms with Crippen molar-refractivity contribution in [1.29, 1.82) is 0 Å². The van der Waals surface area contributed by atoms with Gasteiger partial charge in [-0.25, -0.2) is 0 Å². The predicted octanol–water partition coefficient (Wildman–Crippen LogP) is 2.49. The molecule has 0 bridgehead atoms. The van der Waals surface area contributed by atoms with Gasteiger partial charge >= 0.3 is 0 Å². The first-order chi connectivity index (χ1) is 16.5. The van der Waals surface area contributed by atoms with Crippen molar-refractivity contribution in [2.75, 3.05) is 44.2 Å². The summed E-state index contributed by atoms with van der Waals surface area (Å²) in [6.45, 7) is 8.04. The molecule has 2 heterocycles. The normalized spacial score (nSPS) is 20.1. The lowest BCUT2D eigenvalue weighted by Gasteiger charge is -2.46. The average molecular weight is 465 g/mol. The Morgan fingerprint density at radius 1 is 1.09 bits per heavy atom. The number of piperazine rings is 1. The van der Waals surface area contributed by atoms with E-state index in [1.165, 1.54) is 11.3 Å². The minimum atomic E-state index is -0.871. The Morgan fingerprint density at radius 3 is 2.56 bits per heavy atom. The Balaban J connectivity index is 1.37. The number of hydrogen-bond donors (Lipinski definition) is 2. The second-order valence-electron chi connectivity index (χ2n) is 9.49. The molecule has 7 heteroatoms. The zero-order chi connectivity index (χ0) is 24.0. The van der Waals surface area contributed by atoms with E-state index in [1.54, 1.807) is 0 Å². The van der Waals surface area contributed by atoms with Crippen LogP contribution in [0.25, 0.3) is 0 Å². The minimum absolute atomic E-state index is 0.0288. The fraction of sp³-hybridized carbons (Fsp3) is 0.481. The monoisotopic (exact) mass is 464 g/mol. The van der Waals surface area contributed by atoms with Gasteiger partial charge in [-0.1, -0.05) is 42.5 Å². The molecule has 2 aliphatic heterocycles. The number of anilines is 1. The van der Waals surface area contributed by atoms with Crippen molar-refractivity contribution in [3.05, 3.63) is 65.7 Å². The number of rotatable bonds is 7. The topological polar surface area (TPSA) is 73.9 Å². The summed E-state index contributed by atoms with van der Waals surface area (Å²) in [5.74, 6) is -0.209. The summed E-state index contributed by atoms with van der Waals surface area (Å²) in [6, 6.07) is 18.5. The average Bonchev–Trinajstić information content (AvgIpc) is 2.84. The van der Waals surface area contributed by atoms with Gasteiger partial charge in [0.2, 0.25) is 11.8 Å². The van der Waals surface area contributed by atoms with Crippen LogP contribution in [0, 0.1) is 6.92 Å². The molecule has 2 aromatic rings. The van der Waals surface area contributed by atoms with Gasteiger partial charge in [-0.2, -0.15) is 0 Å². The second-order valence-corrected chi connectivity index (χ2v) is 9.49. The van der Waals surface area contributed by atoms with Crippen LogP contribution < -0.4 is 15.5 Å². The Hall–Kier alpha value is -2.90. The highest BCUT2D eigenvalue weighted by molar-refractivity contribution is 5.92. The molecule has 182 valence electrons. The predicted molar refractivity (Wildman–Crippen MR) is 134 cm³/mol. The summed E-state index contributed by atoms with van der Waals surface area (Å²) in [5.41, 5.74) is 2.57. The summed E-state index contributed by atoms with van der Waals surface area (Å²) in [4.78, 5) is 30.9. The van der Waals surface area contributed by atoms with Crippen LogP contribution in [0.1, 0.15) is 30.9 Å². The van der Waals surface area contributed by atoms with Gasteiger partial charge in [0.1, 0.15) is 12.1 Å². The number of piperidine rings is 1. The van der Waals surface area contributed by atoms with Gasteiger partial charge < -0.3 is 25.2 Å². The van der Waals surface area contributed by atoms with E-state index < -0.39 is 5.54 Å². The quantitative estimate of drug-likeness (QED) is 0.659. The molecule has 2 fully saturated rings. The maximum atomic E-state index is 13.8. The van der Waals surface area contributed by atoms with E-state index >= 15 is 0 Å². The molecule has 0 radical (unpaired) electrons. The minimum Gasteiger partial charge on any atom is -0.367 e. The Labute approximate surface area is 202 Å². The summed E-state index contributed by atoms with van der Waals surface area (Å²) in [5, 5.41) is 6.39. The van der Waals surface area contributed by atoms with Crippen molar-refractivity contribution < 1.29 is 14.3 Å². The number of nitrogens with one attached hydrogen (secondary N) is 2. The van der Waals surface area contributed by atoms with E-state index in [0.717, 1.165) is 12.1 Å². The molecule has 4 rings (SSSR count). The molecule has 1 atom stereocenters. The zero-order valence-corrected chi connectivity index (χ0v) is 20.3. The van der Waals surface area contributed by atoms with Gasteiger partial charge in [0, 0.05) is 31.4 Å². The van der Waals surface area contributed by atoms with Gasteiger partial charge in [0.15, 0.2) is 0 Å². The van der Waals surface area contributed by atoms with Gasteiger partial charge in [0.05, 0.1) is 6.61 Å². The fourth-order valence-electron chi connectivity index (χ4n) is 5.02. The third-order valence-electron chi connectivity index (χ3n) is 6.84. The Bertz CT molecular complexity index is 975. The summed E-state index contributed by atoms with van der Waals surface area (Å²) in [6.07, 6.45) is 1.17. The highest BCUT2D eigenvalue weighted by atomic mass is 16.5. The lowest BCUT2D eigenvalue weighted by molar-refractivity contribution is -0.145. The summed E-state index contributed by atoms with van der Waals surface area (Å²) < 4.78 is 5.62. The second kappa shape index (κ2) is 11.0. The van der Waals surface area contributed by atoms with Crippen LogP contribution in [0.5, 0.6) is 0 Å². The first-order valence-electron chi connectivity index (χ1n) is 12.2. The van der Waals surface area contributed by atoms with Gasteiger partial charge in [-0.05, 0) is 63.0 Å². The van der Waals surface area contributed by atoms with E-state index in [-0.39, 0.29) is 24.5 Å². The zero-order valence-electron chi connectivity index (χ0n) is 20.3. The highest BCUT2D eigenvalue weighted by Gasteiger charge is 2.44. The molecule has 2 amide bonds. The number of amides is 2. The van der Waals surface area contributed by atoms with E-state index in [1.807, 2.05) is 35.2 Å². The number of benzene rings is 2. The van der Waals surface area contributed by atoms with Crippen molar-refractivity contribution in [2.24, 2.45) is 0 Å². The molecule has 2 aliphatic rings. The van der Waals surface area contributed by atoms with Crippen LogP contribution in [0.4, 0.5) is 5.69 Å². The highest BCUT2D eigenvalue weighted by Crippen LogP contribution is 2.26. The van der Waals surface area contributed by atoms with Crippen LogP contribution in [-0.2, 0) is 20.9 Å². The van der Waals surface area contributed by atoms with Crippen LogP contribution in [-0.4, -0.2) is 67.6 Å². The largest absolute Gasteiger partial charge is 0.367 e. The lowest BCUT2D eigenvalue weighted by atomic mass is 9.86. The van der Waals surface area contributed by atoms with E-state index in [4.69, 9.17) is 4.74 Å². The molecule has 0 spiro atoms. The van der Waals surface area contributed by atoms with Crippen LogP contribution in [0.2, 0.25) is 0 Å². The molecule has 2 N–H and O–H groups in total. The maximum Gasteiger partial charge on any atom is 0.248 e. The van der Waals surface area contributed by atoms with Crippen molar-refractivity contribution in [3.8, 4) is 0 Å². The van der Waals surface area contributed by atoms with Gasteiger partial charge in [-0.3, -0.25) is 9.59 Å². The van der Waals surface area contributed by atoms with E-state index in [0.29, 0.717) is 45.6 Å². The number of hydrogen-bond acceptors (Lipinski definition) is 5. The first kappa shape index (κ1) is 24.2. The van der Waals surface area contributed by atoms with E-state index in [9.17, 15) is 9.59 Å². The Morgan fingerprint density at radius 2 is 1.85 bits per heavy atom. The Kier molecular flexibility index (Phi) is 7.85. The molecular weight excluding hydrogens is 428 g/mol. The molecule has 7 nitrogen and oxygen atoms in total. The molecule has 2 aromatic carbocycles. The smallest absolute Gasteiger partial charge is 0.248 e. The number of nitrogens with zero attached hydrogens (tertiary/aromatic N) is 2. The number of carbonyl (C=O) groups excluding carboxylic acids is 2. The number of aryl methyl sites for hydroxylation is 1.